The number of aryl methyl sites for hydroxylation is 2. The van der Waals surface area contributed by atoms with Gasteiger partial charge < -0.3 is 10.2 Å². The molecule has 1 aliphatic heterocycles. The van der Waals surface area contributed by atoms with Crippen LogP contribution in [0.15, 0.2) is 54.6 Å². The third-order valence-electron chi connectivity index (χ3n) is 4.63. The molecule has 4 heteroatoms. The van der Waals surface area contributed by atoms with Crippen molar-refractivity contribution in [2.45, 2.75) is 38.6 Å². The van der Waals surface area contributed by atoms with Gasteiger partial charge in [-0.3, -0.25) is 9.59 Å². The molecule has 0 saturated carbocycles. The maximum atomic E-state index is 12.2. The van der Waals surface area contributed by atoms with Crippen LogP contribution in [0.3, 0.4) is 0 Å². The first-order valence-electron chi connectivity index (χ1n) is 8.88. The molecular weight excluding hydrogens is 312 g/mol. The number of carbonyl (C=O) groups is 2. The van der Waals surface area contributed by atoms with Gasteiger partial charge in [0.25, 0.3) is 0 Å². The smallest absolute Gasteiger partial charge is 0.229 e. The van der Waals surface area contributed by atoms with Gasteiger partial charge >= 0.3 is 0 Å². The molecule has 3 rings (SSSR count). The molecule has 130 valence electrons. The highest BCUT2D eigenvalue weighted by atomic mass is 16.2. The van der Waals surface area contributed by atoms with Crippen molar-refractivity contribution in [3.8, 4) is 0 Å². The number of nitrogens with zero attached hydrogens (tertiary/aromatic N) is 1. The van der Waals surface area contributed by atoms with Crippen LogP contribution in [0.4, 0.5) is 5.69 Å². The highest BCUT2D eigenvalue weighted by Crippen LogP contribution is 2.21. The summed E-state index contributed by atoms with van der Waals surface area (Å²) in [6.07, 6.45) is 2.56. The van der Waals surface area contributed by atoms with Crippen molar-refractivity contribution in [1.29, 1.82) is 0 Å². The van der Waals surface area contributed by atoms with Crippen molar-refractivity contribution in [1.82, 2.24) is 5.32 Å². The second-order valence-corrected chi connectivity index (χ2v) is 6.48. The number of benzene rings is 2. The standard InChI is InChI=1S/C21H24N2O2/c1-2-16-8-10-17(11-9-16)12-13-20(24)22-18-14-21(25)23(15-18)19-6-4-3-5-7-19/h3-11,18H,2,12-15H2,1H3,(H,22,24). The molecule has 1 fully saturated rings. The summed E-state index contributed by atoms with van der Waals surface area (Å²) in [6, 6.07) is 17.9. The highest BCUT2D eigenvalue weighted by molar-refractivity contribution is 5.96. The van der Waals surface area contributed by atoms with Crippen LogP contribution in [0, 0.1) is 0 Å². The van der Waals surface area contributed by atoms with Crippen LogP contribution in [0.1, 0.15) is 30.9 Å². The van der Waals surface area contributed by atoms with Gasteiger partial charge in [-0.15, -0.1) is 0 Å². The highest BCUT2D eigenvalue weighted by Gasteiger charge is 2.31. The fraction of sp³-hybridized carbons (Fsp3) is 0.333. The Morgan fingerprint density at radius 1 is 1.08 bits per heavy atom. The molecule has 2 aromatic carbocycles. The van der Waals surface area contributed by atoms with Crippen molar-refractivity contribution in [2.75, 3.05) is 11.4 Å². The molecule has 0 radical (unpaired) electrons. The van der Waals surface area contributed by atoms with Gasteiger partial charge in [-0.25, -0.2) is 0 Å². The fourth-order valence-corrected chi connectivity index (χ4v) is 3.16. The molecule has 1 unspecified atom stereocenters. The minimum atomic E-state index is -0.109. The van der Waals surface area contributed by atoms with Gasteiger partial charge in [0, 0.05) is 25.1 Å². The molecule has 25 heavy (non-hydrogen) atoms. The first-order chi connectivity index (χ1) is 12.2. The second kappa shape index (κ2) is 7.97. The minimum absolute atomic E-state index is 0.00674. The maximum absolute atomic E-state index is 12.2. The number of hydrogen-bond donors (Lipinski definition) is 1. The predicted octanol–water partition coefficient (Wildman–Crippen LogP) is 3.10. The Hall–Kier alpha value is -2.62. The van der Waals surface area contributed by atoms with E-state index in [9.17, 15) is 9.59 Å². The molecule has 2 amide bonds. The lowest BCUT2D eigenvalue weighted by molar-refractivity contribution is -0.121. The minimum Gasteiger partial charge on any atom is -0.351 e. The van der Waals surface area contributed by atoms with Crippen LogP contribution in [0.25, 0.3) is 0 Å². The molecule has 1 heterocycles. The lowest BCUT2D eigenvalue weighted by atomic mass is 10.1. The van der Waals surface area contributed by atoms with Crippen LogP contribution in [0.2, 0.25) is 0 Å². The van der Waals surface area contributed by atoms with E-state index in [2.05, 4.69) is 36.5 Å². The maximum Gasteiger partial charge on any atom is 0.229 e. The third kappa shape index (κ3) is 4.47. The third-order valence-corrected chi connectivity index (χ3v) is 4.63. The van der Waals surface area contributed by atoms with Crippen molar-refractivity contribution in [3.63, 3.8) is 0 Å². The van der Waals surface area contributed by atoms with Crippen molar-refractivity contribution in [3.05, 3.63) is 65.7 Å². The summed E-state index contributed by atoms with van der Waals surface area (Å²) in [4.78, 5) is 26.1. The van der Waals surface area contributed by atoms with Crippen molar-refractivity contribution < 1.29 is 9.59 Å². The normalized spacial score (nSPS) is 16.9. The van der Waals surface area contributed by atoms with Gasteiger partial charge in [0.2, 0.25) is 11.8 Å². The van der Waals surface area contributed by atoms with E-state index in [4.69, 9.17) is 0 Å². The van der Waals surface area contributed by atoms with Gasteiger partial charge in [-0.05, 0) is 36.1 Å². The van der Waals surface area contributed by atoms with E-state index in [1.807, 2.05) is 30.3 Å². The first kappa shape index (κ1) is 17.2. The quantitative estimate of drug-likeness (QED) is 0.881. The Bertz CT molecular complexity index is 725. The van der Waals surface area contributed by atoms with Crippen LogP contribution in [-0.2, 0) is 22.4 Å². The van der Waals surface area contributed by atoms with Gasteiger partial charge in [-0.1, -0.05) is 49.4 Å². The molecule has 0 bridgehead atoms. The number of nitrogens with one attached hydrogen (secondary N) is 1. The molecule has 0 aromatic heterocycles. The number of hydrogen-bond acceptors (Lipinski definition) is 2. The Kier molecular flexibility index (Phi) is 5.49. The molecule has 1 aliphatic rings. The summed E-state index contributed by atoms with van der Waals surface area (Å²) in [5.41, 5.74) is 3.36. The van der Waals surface area contributed by atoms with Crippen LogP contribution in [-0.4, -0.2) is 24.4 Å². The van der Waals surface area contributed by atoms with Gasteiger partial charge in [0.1, 0.15) is 0 Å². The molecule has 1 saturated heterocycles. The number of rotatable bonds is 6. The zero-order valence-electron chi connectivity index (χ0n) is 14.6. The molecular formula is C21H24N2O2. The van der Waals surface area contributed by atoms with Gasteiger partial charge in [-0.2, -0.15) is 0 Å². The van der Waals surface area contributed by atoms with E-state index in [1.165, 1.54) is 11.1 Å². The lowest BCUT2D eigenvalue weighted by Crippen LogP contribution is -2.37. The SMILES string of the molecule is CCc1ccc(CCC(=O)NC2CC(=O)N(c3ccccc3)C2)cc1. The zero-order chi connectivity index (χ0) is 17.6. The summed E-state index contributed by atoms with van der Waals surface area (Å²) in [6.45, 7) is 2.67. The number of anilines is 1. The van der Waals surface area contributed by atoms with Crippen molar-refractivity contribution >= 4 is 17.5 Å². The first-order valence-corrected chi connectivity index (χ1v) is 8.88. The van der Waals surface area contributed by atoms with Crippen LogP contribution >= 0.6 is 0 Å². The van der Waals surface area contributed by atoms with E-state index in [0.29, 0.717) is 19.4 Å². The van der Waals surface area contributed by atoms with Gasteiger partial charge in [0.05, 0.1) is 6.04 Å². The monoisotopic (exact) mass is 336 g/mol. The Labute approximate surface area is 148 Å². The second-order valence-electron chi connectivity index (χ2n) is 6.48. The van der Waals surface area contributed by atoms with E-state index in [-0.39, 0.29) is 17.9 Å². The summed E-state index contributed by atoms with van der Waals surface area (Å²) in [5.74, 6) is 0.0685. The summed E-state index contributed by atoms with van der Waals surface area (Å²) >= 11 is 0. The number of carbonyl (C=O) groups excluding carboxylic acids is 2. The molecule has 0 spiro atoms. The van der Waals surface area contributed by atoms with Crippen LogP contribution < -0.4 is 10.2 Å². The average Bonchev–Trinajstić information content (AvgIpc) is 3.01. The lowest BCUT2D eigenvalue weighted by Gasteiger charge is -2.17. The van der Waals surface area contributed by atoms with E-state index >= 15 is 0 Å². The number of para-hydroxylation sites is 1. The van der Waals surface area contributed by atoms with Crippen LogP contribution in [0.5, 0.6) is 0 Å². The van der Waals surface area contributed by atoms with Crippen molar-refractivity contribution in [2.24, 2.45) is 0 Å². The molecule has 2 aromatic rings. The van der Waals surface area contributed by atoms with E-state index < -0.39 is 0 Å². The number of amides is 2. The zero-order valence-corrected chi connectivity index (χ0v) is 14.6. The summed E-state index contributed by atoms with van der Waals surface area (Å²) in [5, 5.41) is 3.00. The predicted molar refractivity (Wildman–Crippen MR) is 99.5 cm³/mol. The molecule has 0 aliphatic carbocycles. The summed E-state index contributed by atoms with van der Waals surface area (Å²) < 4.78 is 0. The Balaban J connectivity index is 1.49. The Morgan fingerprint density at radius 3 is 2.44 bits per heavy atom. The largest absolute Gasteiger partial charge is 0.351 e. The van der Waals surface area contributed by atoms with Gasteiger partial charge in [0.15, 0.2) is 0 Å². The fourth-order valence-electron chi connectivity index (χ4n) is 3.16. The molecule has 1 atom stereocenters. The Morgan fingerprint density at radius 2 is 1.76 bits per heavy atom. The van der Waals surface area contributed by atoms with E-state index in [1.54, 1.807) is 4.90 Å². The molecule has 4 nitrogen and oxygen atoms in total. The topological polar surface area (TPSA) is 49.4 Å². The van der Waals surface area contributed by atoms with E-state index in [0.717, 1.165) is 18.5 Å². The molecule has 1 N–H and O–H groups in total. The summed E-state index contributed by atoms with van der Waals surface area (Å²) in [7, 11) is 0. The average molecular weight is 336 g/mol.